The summed E-state index contributed by atoms with van der Waals surface area (Å²) in [5.74, 6) is 0.842. The van der Waals surface area contributed by atoms with Crippen molar-refractivity contribution in [2.75, 3.05) is 19.6 Å². The van der Waals surface area contributed by atoms with E-state index in [9.17, 15) is 0 Å². The molecule has 1 aliphatic carbocycles. The lowest BCUT2D eigenvalue weighted by Gasteiger charge is -2.21. The van der Waals surface area contributed by atoms with Crippen LogP contribution in [0.5, 0.6) is 0 Å². The van der Waals surface area contributed by atoms with Crippen molar-refractivity contribution in [3.05, 3.63) is 35.4 Å². The minimum absolute atomic E-state index is 0.454. The quantitative estimate of drug-likeness (QED) is 0.880. The van der Waals surface area contributed by atoms with Crippen LogP contribution in [-0.4, -0.2) is 30.6 Å². The van der Waals surface area contributed by atoms with Gasteiger partial charge < -0.3 is 10.6 Å². The van der Waals surface area contributed by atoms with Gasteiger partial charge in [-0.1, -0.05) is 24.3 Å². The Morgan fingerprint density at radius 2 is 1.72 bits per heavy atom. The van der Waals surface area contributed by atoms with Crippen LogP contribution in [0.15, 0.2) is 24.3 Å². The van der Waals surface area contributed by atoms with Crippen LogP contribution >= 0.6 is 0 Å². The first-order valence-corrected chi connectivity index (χ1v) is 7.37. The predicted molar refractivity (Wildman–Crippen MR) is 75.6 cm³/mol. The van der Waals surface area contributed by atoms with Crippen molar-refractivity contribution >= 4 is 0 Å². The van der Waals surface area contributed by atoms with Crippen molar-refractivity contribution in [3.8, 4) is 0 Å². The molecule has 1 aromatic carbocycles. The van der Waals surface area contributed by atoms with Crippen molar-refractivity contribution < 1.29 is 0 Å². The van der Waals surface area contributed by atoms with Crippen LogP contribution in [-0.2, 0) is 12.8 Å². The maximum atomic E-state index is 6.19. The van der Waals surface area contributed by atoms with Gasteiger partial charge in [-0.15, -0.1) is 0 Å². The molecular weight excluding hydrogens is 220 g/mol. The molecule has 1 unspecified atom stereocenters. The molecule has 2 nitrogen and oxygen atoms in total. The smallest absolute Gasteiger partial charge is 0.00793 e. The fraction of sp³-hybridized carbons (Fsp3) is 0.625. The van der Waals surface area contributed by atoms with Gasteiger partial charge >= 0.3 is 0 Å². The molecule has 1 atom stereocenters. The summed E-state index contributed by atoms with van der Waals surface area (Å²) in [5.41, 5.74) is 9.29. The molecule has 18 heavy (non-hydrogen) atoms. The van der Waals surface area contributed by atoms with Crippen LogP contribution in [0.4, 0.5) is 0 Å². The molecule has 0 aromatic heterocycles. The summed E-state index contributed by atoms with van der Waals surface area (Å²) in [6, 6.07) is 9.36. The summed E-state index contributed by atoms with van der Waals surface area (Å²) in [6.45, 7) is 3.59. The normalized spacial score (nSPS) is 22.3. The van der Waals surface area contributed by atoms with Crippen LogP contribution in [0.3, 0.4) is 0 Å². The van der Waals surface area contributed by atoms with E-state index in [0.29, 0.717) is 6.04 Å². The van der Waals surface area contributed by atoms with Gasteiger partial charge in [-0.25, -0.2) is 0 Å². The van der Waals surface area contributed by atoms with E-state index < -0.39 is 0 Å². The molecule has 1 aliphatic heterocycles. The highest BCUT2D eigenvalue weighted by atomic mass is 15.1. The van der Waals surface area contributed by atoms with Gasteiger partial charge in [0, 0.05) is 19.1 Å². The average Bonchev–Trinajstić information content (AvgIpc) is 3.23. The van der Waals surface area contributed by atoms with Crippen molar-refractivity contribution in [3.63, 3.8) is 0 Å². The minimum Gasteiger partial charge on any atom is -0.327 e. The molecule has 2 aliphatic rings. The number of benzene rings is 1. The van der Waals surface area contributed by atoms with Crippen LogP contribution in [0.2, 0.25) is 0 Å². The molecule has 0 amide bonds. The molecule has 1 heterocycles. The van der Waals surface area contributed by atoms with Gasteiger partial charge in [-0.3, -0.25) is 0 Å². The van der Waals surface area contributed by atoms with Gasteiger partial charge in [0.15, 0.2) is 0 Å². The fourth-order valence-corrected chi connectivity index (χ4v) is 3.03. The lowest BCUT2D eigenvalue weighted by Crippen LogP contribution is -2.33. The number of fused-ring (bicyclic) bond motifs is 1. The third-order valence-corrected chi connectivity index (χ3v) is 4.52. The van der Waals surface area contributed by atoms with Crippen LogP contribution < -0.4 is 5.73 Å². The summed E-state index contributed by atoms with van der Waals surface area (Å²) in [4.78, 5) is 2.60. The molecule has 1 fully saturated rings. The molecule has 2 heteroatoms. The number of rotatable bonds is 4. The molecule has 0 radical (unpaired) electrons. The second-order valence-corrected chi connectivity index (χ2v) is 5.90. The standard InChI is InChI=1S/C16H24N2/c17-16(15-5-6-15)9-12-18-10-7-13-3-1-2-4-14(13)8-11-18/h1-4,15-16H,5-12,17H2. The Morgan fingerprint density at radius 3 is 2.28 bits per heavy atom. The Morgan fingerprint density at radius 1 is 1.11 bits per heavy atom. The van der Waals surface area contributed by atoms with E-state index in [-0.39, 0.29) is 0 Å². The molecule has 0 bridgehead atoms. The first-order valence-electron chi connectivity index (χ1n) is 7.37. The van der Waals surface area contributed by atoms with E-state index in [1.807, 2.05) is 0 Å². The second kappa shape index (κ2) is 5.41. The SMILES string of the molecule is NC(CCN1CCc2ccccc2CC1)C1CC1. The van der Waals surface area contributed by atoms with Crippen LogP contribution in [0.25, 0.3) is 0 Å². The van der Waals surface area contributed by atoms with E-state index >= 15 is 0 Å². The van der Waals surface area contributed by atoms with E-state index in [4.69, 9.17) is 5.73 Å². The molecule has 1 saturated carbocycles. The highest BCUT2D eigenvalue weighted by Gasteiger charge is 2.28. The topological polar surface area (TPSA) is 29.3 Å². The van der Waals surface area contributed by atoms with Crippen molar-refractivity contribution in [1.29, 1.82) is 0 Å². The monoisotopic (exact) mass is 244 g/mol. The molecule has 0 spiro atoms. The van der Waals surface area contributed by atoms with Crippen molar-refractivity contribution in [1.82, 2.24) is 4.90 Å². The highest BCUT2D eigenvalue weighted by molar-refractivity contribution is 5.28. The average molecular weight is 244 g/mol. The maximum Gasteiger partial charge on any atom is 0.00793 e. The van der Waals surface area contributed by atoms with Crippen molar-refractivity contribution in [2.45, 2.75) is 38.1 Å². The molecular formula is C16H24N2. The van der Waals surface area contributed by atoms with Gasteiger partial charge in [0.2, 0.25) is 0 Å². The number of nitrogens with two attached hydrogens (primary N) is 1. The second-order valence-electron chi connectivity index (χ2n) is 5.90. The van der Waals surface area contributed by atoms with Crippen LogP contribution in [0.1, 0.15) is 30.4 Å². The largest absolute Gasteiger partial charge is 0.327 e. The first kappa shape index (κ1) is 12.2. The fourth-order valence-electron chi connectivity index (χ4n) is 3.03. The Labute approximate surface area is 110 Å². The van der Waals surface area contributed by atoms with Gasteiger partial charge in [-0.2, -0.15) is 0 Å². The third kappa shape index (κ3) is 2.93. The Balaban J connectivity index is 1.51. The lowest BCUT2D eigenvalue weighted by molar-refractivity contribution is 0.271. The zero-order valence-electron chi connectivity index (χ0n) is 11.1. The Bertz CT molecular complexity index is 371. The predicted octanol–water partition coefficient (Wildman–Crippen LogP) is 2.21. The molecule has 1 aromatic rings. The third-order valence-electron chi connectivity index (χ3n) is 4.52. The van der Waals surface area contributed by atoms with Crippen molar-refractivity contribution in [2.24, 2.45) is 11.7 Å². The van der Waals surface area contributed by atoms with Gasteiger partial charge in [0.1, 0.15) is 0 Å². The zero-order chi connectivity index (χ0) is 12.4. The highest BCUT2D eigenvalue weighted by Crippen LogP contribution is 2.32. The summed E-state index contributed by atoms with van der Waals surface area (Å²) < 4.78 is 0. The van der Waals surface area contributed by atoms with E-state index in [1.165, 1.54) is 51.7 Å². The zero-order valence-corrected chi connectivity index (χ0v) is 11.1. The summed E-state index contributed by atoms with van der Waals surface area (Å²) in [6.07, 6.45) is 6.32. The van der Waals surface area contributed by atoms with E-state index in [1.54, 1.807) is 11.1 Å². The summed E-state index contributed by atoms with van der Waals surface area (Å²) in [7, 11) is 0. The number of hydrogen-bond donors (Lipinski definition) is 1. The number of hydrogen-bond acceptors (Lipinski definition) is 2. The first-order chi connectivity index (χ1) is 8.83. The van der Waals surface area contributed by atoms with Gasteiger partial charge in [-0.05, 0) is 55.7 Å². The van der Waals surface area contributed by atoms with E-state index in [0.717, 1.165) is 5.92 Å². The lowest BCUT2D eigenvalue weighted by atomic mass is 10.0. The molecule has 3 rings (SSSR count). The molecule has 2 N–H and O–H groups in total. The van der Waals surface area contributed by atoms with Gasteiger partial charge in [0.05, 0.1) is 0 Å². The maximum absolute atomic E-state index is 6.19. The van der Waals surface area contributed by atoms with Gasteiger partial charge in [0.25, 0.3) is 0 Å². The van der Waals surface area contributed by atoms with E-state index in [2.05, 4.69) is 29.2 Å². The minimum atomic E-state index is 0.454. The Hall–Kier alpha value is -0.860. The number of nitrogens with zero attached hydrogens (tertiary/aromatic N) is 1. The molecule has 98 valence electrons. The Kier molecular flexibility index (Phi) is 3.67. The van der Waals surface area contributed by atoms with Crippen LogP contribution in [0, 0.1) is 5.92 Å². The molecule has 0 saturated heterocycles. The summed E-state index contributed by atoms with van der Waals surface area (Å²) >= 11 is 0. The summed E-state index contributed by atoms with van der Waals surface area (Å²) in [5, 5.41) is 0.